The number of halogens is 9. The molecule has 3 nitrogen and oxygen atoms in total. The number of hydrogen-bond acceptors (Lipinski definition) is 3. The highest BCUT2D eigenvalue weighted by atomic mass is 31.2. The van der Waals surface area contributed by atoms with E-state index in [1.54, 1.807) is 0 Å². The Morgan fingerprint density at radius 1 is 0.840 bits per heavy atom. The lowest BCUT2D eigenvalue weighted by Crippen LogP contribution is -2.61. The molecule has 0 radical (unpaired) electrons. The van der Waals surface area contributed by atoms with E-state index in [9.17, 15) is 39.5 Å². The van der Waals surface area contributed by atoms with Crippen molar-refractivity contribution in [2.45, 2.75) is 38.0 Å². The Morgan fingerprint density at radius 2 is 1.24 bits per heavy atom. The van der Waals surface area contributed by atoms with Crippen molar-refractivity contribution in [3.63, 3.8) is 0 Å². The Kier molecular flexibility index (Phi) is 7.81. The average Bonchev–Trinajstić information content (AvgIpc) is 2.47. The molecule has 0 aliphatic rings. The monoisotopic (exact) mass is 406 g/mol. The molecule has 0 rings (SSSR count). The zero-order valence-electron chi connectivity index (χ0n) is 13.1. The van der Waals surface area contributed by atoms with Crippen LogP contribution in [0.2, 0.25) is 0 Å². The van der Waals surface area contributed by atoms with E-state index in [2.05, 4.69) is 17.7 Å². The van der Waals surface area contributed by atoms with Crippen LogP contribution < -0.4 is 0 Å². The highest BCUT2D eigenvalue weighted by molar-refractivity contribution is 7.47. The Labute approximate surface area is 139 Å². The molecular formula is C12H16F9N2OP. The van der Waals surface area contributed by atoms with Crippen molar-refractivity contribution >= 4 is 8.45 Å². The highest BCUT2D eigenvalue weighted by Crippen LogP contribution is 2.59. The number of alkyl halides is 9. The molecule has 1 unspecified atom stereocenters. The fourth-order valence-corrected chi connectivity index (χ4v) is 3.04. The summed E-state index contributed by atoms with van der Waals surface area (Å²) < 4.78 is 122. The maximum atomic E-state index is 13.7. The zero-order chi connectivity index (χ0) is 20.3. The summed E-state index contributed by atoms with van der Waals surface area (Å²) in [5, 5.41) is 0. The third kappa shape index (κ3) is 4.59. The molecule has 1 atom stereocenters. The summed E-state index contributed by atoms with van der Waals surface area (Å²) in [6.07, 6.45) is -11.4. The van der Waals surface area contributed by atoms with Gasteiger partial charge in [-0.3, -0.25) is 9.19 Å². The summed E-state index contributed by atoms with van der Waals surface area (Å²) >= 11 is 0. The maximum absolute atomic E-state index is 13.7. The normalized spacial score (nSPS) is 15.2. The Balaban J connectivity index is 5.95. The zero-order valence-corrected chi connectivity index (χ0v) is 14.0. The van der Waals surface area contributed by atoms with E-state index in [1.807, 2.05) is 0 Å². The predicted molar refractivity (Wildman–Crippen MR) is 74.1 cm³/mol. The molecule has 148 valence electrons. The van der Waals surface area contributed by atoms with Gasteiger partial charge in [0, 0.05) is 25.5 Å². The Hall–Kier alpha value is -1.00. The lowest BCUT2D eigenvalue weighted by Gasteiger charge is -2.39. The standard InChI is InChI=1S/C12H16F9N2OP/c1-5-22(6-2)25(23(7-3)8-4)24-12(20,21)10(15,16)9(13,14)11(17,18)19/h5-6H,1-2,7-8H2,3-4H3. The molecule has 0 saturated heterocycles. The summed E-state index contributed by atoms with van der Waals surface area (Å²) in [5.74, 6) is -13.9. The number of rotatable bonds is 10. The molecule has 0 bridgehead atoms. The predicted octanol–water partition coefficient (Wildman–Crippen LogP) is 5.59. The van der Waals surface area contributed by atoms with Crippen molar-refractivity contribution in [3.8, 4) is 0 Å². The van der Waals surface area contributed by atoms with Crippen LogP contribution in [-0.2, 0) is 4.52 Å². The molecule has 0 amide bonds. The first-order valence-corrected chi connectivity index (χ1v) is 7.78. The second-order valence-corrected chi connectivity index (χ2v) is 6.11. The van der Waals surface area contributed by atoms with Gasteiger partial charge in [-0.15, -0.1) is 0 Å². The van der Waals surface area contributed by atoms with Gasteiger partial charge in [-0.25, -0.2) is 4.67 Å². The molecular weight excluding hydrogens is 390 g/mol. The lowest BCUT2D eigenvalue weighted by molar-refractivity contribution is -0.428. The first-order chi connectivity index (χ1) is 11.1. The van der Waals surface area contributed by atoms with Gasteiger partial charge in [0.05, 0.1) is 0 Å². The minimum atomic E-state index is -7.01. The van der Waals surface area contributed by atoms with Crippen LogP contribution in [-0.4, -0.2) is 46.6 Å². The van der Waals surface area contributed by atoms with Gasteiger partial charge in [-0.2, -0.15) is 39.5 Å². The average molecular weight is 406 g/mol. The first kappa shape index (κ1) is 24.0. The van der Waals surface area contributed by atoms with Crippen molar-refractivity contribution in [2.24, 2.45) is 0 Å². The van der Waals surface area contributed by atoms with Crippen LogP contribution in [0.1, 0.15) is 13.8 Å². The fourth-order valence-electron chi connectivity index (χ4n) is 1.45. The summed E-state index contributed by atoms with van der Waals surface area (Å²) in [6, 6.07) is 0. The second-order valence-electron chi connectivity index (χ2n) is 4.39. The Bertz CT molecular complexity index is 458. The van der Waals surface area contributed by atoms with Gasteiger partial charge >= 0.3 is 24.1 Å². The van der Waals surface area contributed by atoms with Gasteiger partial charge in [-0.05, 0) is 0 Å². The van der Waals surface area contributed by atoms with Crippen LogP contribution in [0.15, 0.2) is 25.6 Å². The minimum absolute atomic E-state index is 0.0578. The van der Waals surface area contributed by atoms with Crippen molar-refractivity contribution in [3.05, 3.63) is 25.6 Å². The fraction of sp³-hybridized carbons (Fsp3) is 0.667. The van der Waals surface area contributed by atoms with E-state index >= 15 is 0 Å². The molecule has 13 heteroatoms. The molecule has 0 aromatic carbocycles. The van der Waals surface area contributed by atoms with Crippen molar-refractivity contribution < 1.29 is 44.0 Å². The smallest absolute Gasteiger partial charge is 0.299 e. The quantitative estimate of drug-likeness (QED) is 0.348. The summed E-state index contributed by atoms with van der Waals surface area (Å²) in [5.41, 5.74) is 0. The molecule has 0 aromatic rings. The van der Waals surface area contributed by atoms with Crippen molar-refractivity contribution in [1.82, 2.24) is 9.34 Å². The second kappa shape index (κ2) is 8.13. The SMILES string of the molecule is C=CN(C=C)P(OC(F)(F)C(F)(F)C(F)(F)C(F)(F)F)N(CC)CC. The summed E-state index contributed by atoms with van der Waals surface area (Å²) in [6.45, 7) is 9.08. The van der Waals surface area contributed by atoms with E-state index in [0.717, 1.165) is 17.1 Å². The van der Waals surface area contributed by atoms with Crippen LogP contribution >= 0.6 is 8.45 Å². The van der Waals surface area contributed by atoms with E-state index in [1.165, 1.54) is 13.8 Å². The van der Waals surface area contributed by atoms with Crippen LogP contribution in [0.3, 0.4) is 0 Å². The lowest BCUT2D eigenvalue weighted by atomic mass is 10.1. The van der Waals surface area contributed by atoms with Crippen LogP contribution in [0.4, 0.5) is 39.5 Å². The molecule has 0 heterocycles. The van der Waals surface area contributed by atoms with Crippen LogP contribution in [0.25, 0.3) is 0 Å². The summed E-state index contributed by atoms with van der Waals surface area (Å²) in [7, 11) is -2.92. The Morgan fingerprint density at radius 3 is 1.52 bits per heavy atom. The van der Waals surface area contributed by atoms with Crippen LogP contribution in [0, 0.1) is 0 Å². The third-order valence-corrected chi connectivity index (χ3v) is 5.02. The molecule has 0 N–H and O–H groups in total. The number of nitrogens with zero attached hydrogens (tertiary/aromatic N) is 2. The molecule has 0 aliphatic carbocycles. The van der Waals surface area contributed by atoms with Gasteiger partial charge in [0.2, 0.25) is 8.45 Å². The van der Waals surface area contributed by atoms with E-state index in [0.29, 0.717) is 4.67 Å². The molecule has 0 fully saturated rings. The minimum Gasteiger partial charge on any atom is -0.299 e. The van der Waals surface area contributed by atoms with E-state index < -0.39 is 32.6 Å². The third-order valence-electron chi connectivity index (χ3n) is 2.86. The van der Waals surface area contributed by atoms with Gasteiger partial charge in [-0.1, -0.05) is 27.0 Å². The summed E-state index contributed by atoms with van der Waals surface area (Å²) in [4.78, 5) is 0. The number of hydrogen-bond donors (Lipinski definition) is 0. The highest BCUT2D eigenvalue weighted by Gasteiger charge is 2.83. The molecule has 0 spiro atoms. The van der Waals surface area contributed by atoms with Crippen LogP contribution in [0.5, 0.6) is 0 Å². The van der Waals surface area contributed by atoms with Gasteiger partial charge in [0.1, 0.15) is 0 Å². The maximum Gasteiger partial charge on any atom is 0.460 e. The van der Waals surface area contributed by atoms with Gasteiger partial charge in [0.15, 0.2) is 0 Å². The van der Waals surface area contributed by atoms with Gasteiger partial charge < -0.3 is 0 Å². The van der Waals surface area contributed by atoms with Gasteiger partial charge in [0.25, 0.3) is 0 Å². The van der Waals surface area contributed by atoms with E-state index in [4.69, 9.17) is 0 Å². The topological polar surface area (TPSA) is 15.7 Å². The molecule has 0 aliphatic heterocycles. The first-order valence-electron chi connectivity index (χ1n) is 6.62. The molecule has 25 heavy (non-hydrogen) atoms. The van der Waals surface area contributed by atoms with Crippen molar-refractivity contribution in [2.75, 3.05) is 13.1 Å². The largest absolute Gasteiger partial charge is 0.460 e. The molecule has 0 saturated carbocycles. The van der Waals surface area contributed by atoms with E-state index in [-0.39, 0.29) is 13.1 Å². The van der Waals surface area contributed by atoms with Crippen molar-refractivity contribution in [1.29, 1.82) is 0 Å². The molecule has 0 aromatic heterocycles.